The molecule has 0 aliphatic carbocycles. The van der Waals surface area contributed by atoms with E-state index >= 15 is 0 Å². The molecule has 20 heavy (non-hydrogen) atoms. The molecule has 7 nitrogen and oxygen atoms in total. The van der Waals surface area contributed by atoms with Gasteiger partial charge in [0.1, 0.15) is 0 Å². The number of amides is 1. The van der Waals surface area contributed by atoms with E-state index in [-0.39, 0.29) is 23.4 Å². The average molecular weight is 279 g/mol. The molecule has 1 atom stereocenters. The molecule has 0 radical (unpaired) electrons. The summed E-state index contributed by atoms with van der Waals surface area (Å²) in [5, 5.41) is 14.1. The summed E-state index contributed by atoms with van der Waals surface area (Å²) >= 11 is 0. The molecule has 0 spiro atoms. The number of methoxy groups -OCH3 is 1. The van der Waals surface area contributed by atoms with E-state index in [1.165, 1.54) is 19.2 Å². The van der Waals surface area contributed by atoms with Gasteiger partial charge in [-0.05, 0) is 25.6 Å². The Labute approximate surface area is 116 Å². The number of nitro groups is 1. The highest BCUT2D eigenvalue weighted by molar-refractivity contribution is 5.95. The van der Waals surface area contributed by atoms with Crippen LogP contribution < -0.4 is 10.1 Å². The van der Waals surface area contributed by atoms with Gasteiger partial charge in [0.2, 0.25) is 0 Å². The quantitative estimate of drug-likeness (QED) is 0.657. The van der Waals surface area contributed by atoms with E-state index in [0.717, 1.165) is 6.42 Å². The monoisotopic (exact) mass is 279 g/mol. The third kappa shape index (κ3) is 2.72. The third-order valence-electron chi connectivity index (χ3n) is 3.51. The molecule has 1 fully saturated rings. The van der Waals surface area contributed by atoms with Crippen molar-refractivity contribution < 1.29 is 14.5 Å². The molecule has 2 rings (SSSR count). The van der Waals surface area contributed by atoms with Crippen molar-refractivity contribution in [2.75, 3.05) is 27.2 Å². The van der Waals surface area contributed by atoms with Crippen molar-refractivity contribution in [1.29, 1.82) is 0 Å². The zero-order valence-electron chi connectivity index (χ0n) is 11.5. The second-order valence-electron chi connectivity index (χ2n) is 4.67. The van der Waals surface area contributed by atoms with E-state index < -0.39 is 4.92 Å². The lowest BCUT2D eigenvalue weighted by Gasteiger charge is -2.16. The first-order chi connectivity index (χ1) is 9.56. The molecule has 1 aliphatic rings. The van der Waals surface area contributed by atoms with Crippen LogP contribution in [0.15, 0.2) is 18.2 Å². The van der Waals surface area contributed by atoms with Crippen LogP contribution in [-0.2, 0) is 0 Å². The Balaban J connectivity index is 2.23. The maximum absolute atomic E-state index is 12.3. The van der Waals surface area contributed by atoms with Crippen LogP contribution in [0.5, 0.6) is 5.75 Å². The molecule has 1 amide bonds. The van der Waals surface area contributed by atoms with Gasteiger partial charge >= 0.3 is 5.69 Å². The van der Waals surface area contributed by atoms with Crippen molar-refractivity contribution in [2.45, 2.75) is 12.5 Å². The van der Waals surface area contributed by atoms with Crippen molar-refractivity contribution in [3.63, 3.8) is 0 Å². The van der Waals surface area contributed by atoms with Crippen LogP contribution in [0.3, 0.4) is 0 Å². The van der Waals surface area contributed by atoms with Crippen molar-refractivity contribution in [3.05, 3.63) is 33.9 Å². The van der Waals surface area contributed by atoms with Crippen LogP contribution in [0.25, 0.3) is 0 Å². The summed E-state index contributed by atoms with van der Waals surface area (Å²) in [6.07, 6.45) is 0.889. The number of hydrogen-bond donors (Lipinski definition) is 1. The fourth-order valence-corrected chi connectivity index (χ4v) is 2.33. The number of nitro benzene ring substituents is 1. The fourth-order valence-electron chi connectivity index (χ4n) is 2.33. The Morgan fingerprint density at radius 3 is 2.85 bits per heavy atom. The van der Waals surface area contributed by atoms with E-state index in [9.17, 15) is 14.9 Å². The first-order valence-corrected chi connectivity index (χ1v) is 6.35. The van der Waals surface area contributed by atoms with Crippen molar-refractivity contribution in [3.8, 4) is 5.75 Å². The lowest BCUT2D eigenvalue weighted by Crippen LogP contribution is -2.33. The number of likely N-dealkylation sites (tertiary alicyclic amines) is 1. The third-order valence-corrected chi connectivity index (χ3v) is 3.51. The van der Waals surface area contributed by atoms with E-state index in [1.54, 1.807) is 11.0 Å². The maximum atomic E-state index is 12.3. The second kappa shape index (κ2) is 5.87. The smallest absolute Gasteiger partial charge is 0.311 e. The van der Waals surface area contributed by atoms with Gasteiger partial charge in [-0.3, -0.25) is 14.9 Å². The van der Waals surface area contributed by atoms with Gasteiger partial charge < -0.3 is 15.0 Å². The molecular weight excluding hydrogens is 262 g/mol. The average Bonchev–Trinajstić information content (AvgIpc) is 2.94. The number of likely N-dealkylation sites (N-methyl/N-ethyl adjacent to an activating group) is 1. The van der Waals surface area contributed by atoms with Crippen LogP contribution >= 0.6 is 0 Å². The maximum Gasteiger partial charge on any atom is 0.311 e. The summed E-state index contributed by atoms with van der Waals surface area (Å²) < 4.78 is 4.92. The van der Waals surface area contributed by atoms with Gasteiger partial charge in [0.15, 0.2) is 5.75 Å². The molecule has 1 heterocycles. The number of nitrogens with zero attached hydrogens (tertiary/aromatic N) is 2. The first kappa shape index (κ1) is 14.3. The highest BCUT2D eigenvalue weighted by Gasteiger charge is 2.27. The first-order valence-electron chi connectivity index (χ1n) is 6.35. The minimum Gasteiger partial charge on any atom is -0.490 e. The number of carbonyl (C=O) groups excluding carboxylic acids is 1. The number of hydrogen-bond acceptors (Lipinski definition) is 5. The molecule has 0 aromatic heterocycles. The molecule has 1 N–H and O–H groups in total. The zero-order valence-corrected chi connectivity index (χ0v) is 11.5. The molecule has 1 unspecified atom stereocenters. The summed E-state index contributed by atoms with van der Waals surface area (Å²) in [6, 6.07) is 4.57. The molecule has 0 saturated carbocycles. The second-order valence-corrected chi connectivity index (χ2v) is 4.67. The lowest BCUT2D eigenvalue weighted by molar-refractivity contribution is -0.385. The van der Waals surface area contributed by atoms with Gasteiger partial charge in [0.05, 0.1) is 12.0 Å². The van der Waals surface area contributed by atoms with Gasteiger partial charge in [-0.1, -0.05) is 0 Å². The molecule has 1 aromatic carbocycles. The van der Waals surface area contributed by atoms with Gasteiger partial charge in [0, 0.05) is 30.8 Å². The predicted octanol–water partition coefficient (Wildman–Crippen LogP) is 1.04. The van der Waals surface area contributed by atoms with Crippen molar-refractivity contribution in [2.24, 2.45) is 0 Å². The summed E-state index contributed by atoms with van der Waals surface area (Å²) in [4.78, 5) is 24.4. The van der Waals surface area contributed by atoms with Crippen LogP contribution in [0.2, 0.25) is 0 Å². The molecule has 1 aromatic rings. The Hall–Kier alpha value is -2.15. The van der Waals surface area contributed by atoms with Crippen molar-refractivity contribution in [1.82, 2.24) is 10.2 Å². The zero-order chi connectivity index (χ0) is 14.7. The lowest BCUT2D eigenvalue weighted by atomic mass is 10.1. The normalized spacial score (nSPS) is 18.1. The molecule has 0 bridgehead atoms. The van der Waals surface area contributed by atoms with Gasteiger partial charge in [-0.25, -0.2) is 0 Å². The SMILES string of the molecule is CNC1CCN(C(=O)c2ccc(OC)c([N+](=O)[O-])c2)C1. The molecule has 1 aliphatic heterocycles. The minimum absolute atomic E-state index is 0.154. The molecular formula is C13H17N3O4. The van der Waals surface area contributed by atoms with Gasteiger partial charge in [-0.2, -0.15) is 0 Å². The Morgan fingerprint density at radius 2 is 2.30 bits per heavy atom. The molecule has 7 heteroatoms. The summed E-state index contributed by atoms with van der Waals surface area (Å²) in [6.45, 7) is 1.28. The fraction of sp³-hybridized carbons (Fsp3) is 0.462. The summed E-state index contributed by atoms with van der Waals surface area (Å²) in [7, 11) is 3.22. The van der Waals surface area contributed by atoms with E-state index in [1.807, 2.05) is 7.05 Å². The van der Waals surface area contributed by atoms with E-state index in [0.29, 0.717) is 18.7 Å². The van der Waals surface area contributed by atoms with E-state index in [2.05, 4.69) is 5.32 Å². The standard InChI is InChI=1S/C13H17N3O4/c1-14-10-5-6-15(8-10)13(17)9-3-4-12(20-2)11(7-9)16(18)19/h3-4,7,10,14H,5-6,8H2,1-2H3. The van der Waals surface area contributed by atoms with Gasteiger partial charge in [0.25, 0.3) is 5.91 Å². The van der Waals surface area contributed by atoms with E-state index in [4.69, 9.17) is 4.74 Å². The minimum atomic E-state index is -0.546. The van der Waals surface area contributed by atoms with Crippen LogP contribution in [0, 0.1) is 10.1 Å². The Morgan fingerprint density at radius 1 is 1.55 bits per heavy atom. The van der Waals surface area contributed by atoms with Crippen LogP contribution in [0.1, 0.15) is 16.8 Å². The Kier molecular flexibility index (Phi) is 4.19. The summed E-state index contributed by atoms with van der Waals surface area (Å²) in [5.41, 5.74) is 0.122. The highest BCUT2D eigenvalue weighted by atomic mass is 16.6. The topological polar surface area (TPSA) is 84.7 Å². The largest absolute Gasteiger partial charge is 0.490 e. The predicted molar refractivity (Wildman–Crippen MR) is 73.0 cm³/mol. The number of carbonyl (C=O) groups is 1. The number of benzene rings is 1. The summed E-state index contributed by atoms with van der Waals surface area (Å²) in [5.74, 6) is -0.0328. The Bertz CT molecular complexity index is 532. The number of ether oxygens (including phenoxy) is 1. The van der Waals surface area contributed by atoms with Crippen molar-refractivity contribution >= 4 is 11.6 Å². The number of rotatable bonds is 4. The molecule has 1 saturated heterocycles. The van der Waals surface area contributed by atoms with Gasteiger partial charge in [-0.15, -0.1) is 0 Å². The van der Waals surface area contributed by atoms with Crippen LogP contribution in [0.4, 0.5) is 5.69 Å². The highest BCUT2D eigenvalue weighted by Crippen LogP contribution is 2.28. The molecule has 108 valence electrons. The number of nitrogens with one attached hydrogen (secondary N) is 1. The van der Waals surface area contributed by atoms with Crippen LogP contribution in [-0.4, -0.2) is 49.0 Å².